The number of hydrogen-bond donors (Lipinski definition) is 3. The molecule has 2 aromatic rings. The third kappa shape index (κ3) is 5.53. The van der Waals surface area contributed by atoms with E-state index in [0.717, 1.165) is 18.7 Å². The second-order valence-electron chi connectivity index (χ2n) is 8.44. The van der Waals surface area contributed by atoms with Crippen molar-refractivity contribution in [3.63, 3.8) is 0 Å². The Labute approximate surface area is 186 Å². The number of benzene rings is 1. The van der Waals surface area contributed by atoms with E-state index in [9.17, 15) is 26.7 Å². The van der Waals surface area contributed by atoms with Crippen LogP contribution in [0.5, 0.6) is 0 Å². The minimum Gasteiger partial charge on any atom is -0.382 e. The lowest BCUT2D eigenvalue weighted by Gasteiger charge is -2.38. The number of urea groups is 1. The zero-order chi connectivity index (χ0) is 24.6. The van der Waals surface area contributed by atoms with Crippen LogP contribution in [0.2, 0.25) is 0 Å². The van der Waals surface area contributed by atoms with Gasteiger partial charge in [-0.25, -0.2) is 18.6 Å². The maximum Gasteiger partial charge on any atom is 0.416 e. The van der Waals surface area contributed by atoms with E-state index in [-0.39, 0.29) is 12.4 Å². The summed E-state index contributed by atoms with van der Waals surface area (Å²) < 4.78 is 76.9. The first-order chi connectivity index (χ1) is 15.2. The SMILES string of the molecule is COC[C@H](c1ccc2[nH]c([C@@H](N)COC(C)(C)C(F)(F)F)nc2c1)N1CC(F)(F)CNC1=O. The first-order valence-electron chi connectivity index (χ1n) is 10.1. The lowest BCUT2D eigenvalue weighted by atomic mass is 10.0. The molecule has 4 N–H and O–H groups in total. The molecule has 1 saturated heterocycles. The molecule has 8 nitrogen and oxygen atoms in total. The average Bonchev–Trinajstić information content (AvgIpc) is 3.15. The molecular formula is C20H26F5N5O3. The summed E-state index contributed by atoms with van der Waals surface area (Å²) in [4.78, 5) is 20.5. The molecule has 33 heavy (non-hydrogen) atoms. The first-order valence-corrected chi connectivity index (χ1v) is 10.1. The van der Waals surface area contributed by atoms with Crippen molar-refractivity contribution >= 4 is 17.1 Å². The predicted octanol–water partition coefficient (Wildman–Crippen LogP) is 3.27. The van der Waals surface area contributed by atoms with Crippen molar-refractivity contribution in [1.82, 2.24) is 20.2 Å². The van der Waals surface area contributed by atoms with Gasteiger partial charge in [0.1, 0.15) is 5.82 Å². The minimum absolute atomic E-state index is 0.0356. The Morgan fingerprint density at radius 1 is 1.27 bits per heavy atom. The highest BCUT2D eigenvalue weighted by atomic mass is 19.4. The van der Waals surface area contributed by atoms with Crippen LogP contribution in [-0.2, 0) is 9.47 Å². The van der Waals surface area contributed by atoms with E-state index in [1.165, 1.54) is 7.11 Å². The van der Waals surface area contributed by atoms with E-state index in [4.69, 9.17) is 15.2 Å². The maximum atomic E-state index is 13.9. The van der Waals surface area contributed by atoms with Gasteiger partial charge in [0, 0.05) is 7.11 Å². The molecule has 0 spiro atoms. The minimum atomic E-state index is -4.57. The lowest BCUT2D eigenvalue weighted by Crippen LogP contribution is -2.58. The number of methoxy groups -OCH3 is 1. The number of amides is 2. The van der Waals surface area contributed by atoms with Crippen LogP contribution in [0, 0.1) is 0 Å². The second kappa shape index (κ2) is 9.03. The van der Waals surface area contributed by atoms with Crippen LogP contribution in [0.15, 0.2) is 18.2 Å². The predicted molar refractivity (Wildman–Crippen MR) is 109 cm³/mol. The number of ether oxygens (including phenoxy) is 2. The van der Waals surface area contributed by atoms with Crippen molar-refractivity contribution in [2.75, 3.05) is 33.4 Å². The highest BCUT2D eigenvalue weighted by Gasteiger charge is 2.48. The van der Waals surface area contributed by atoms with E-state index >= 15 is 0 Å². The third-order valence-electron chi connectivity index (χ3n) is 5.43. The number of nitrogens with one attached hydrogen (secondary N) is 2. The van der Waals surface area contributed by atoms with Gasteiger partial charge >= 0.3 is 12.2 Å². The van der Waals surface area contributed by atoms with Gasteiger partial charge in [0.2, 0.25) is 0 Å². The molecule has 184 valence electrons. The highest BCUT2D eigenvalue weighted by molar-refractivity contribution is 5.78. The number of rotatable bonds is 8. The summed E-state index contributed by atoms with van der Waals surface area (Å²) in [6, 6.07) is 2.42. The molecule has 0 aliphatic carbocycles. The Kier molecular flexibility index (Phi) is 6.87. The van der Waals surface area contributed by atoms with Crippen molar-refractivity contribution in [3.05, 3.63) is 29.6 Å². The second-order valence-corrected chi connectivity index (χ2v) is 8.44. The average molecular weight is 479 g/mol. The topological polar surface area (TPSA) is 106 Å². The van der Waals surface area contributed by atoms with Crippen molar-refractivity contribution in [2.45, 2.75) is 43.6 Å². The Morgan fingerprint density at radius 3 is 2.61 bits per heavy atom. The van der Waals surface area contributed by atoms with Crippen LogP contribution >= 0.6 is 0 Å². The zero-order valence-corrected chi connectivity index (χ0v) is 18.3. The van der Waals surface area contributed by atoms with E-state index < -0.39 is 55.5 Å². The van der Waals surface area contributed by atoms with Gasteiger partial charge in [-0.3, -0.25) is 0 Å². The molecule has 2 heterocycles. The molecule has 2 amide bonds. The molecule has 1 fully saturated rings. The normalized spacial score (nSPS) is 18.9. The Hall–Kier alpha value is -2.51. The van der Waals surface area contributed by atoms with Crippen molar-refractivity contribution in [1.29, 1.82) is 0 Å². The van der Waals surface area contributed by atoms with Crippen LogP contribution < -0.4 is 11.1 Å². The maximum absolute atomic E-state index is 13.9. The summed E-state index contributed by atoms with van der Waals surface area (Å²) in [5, 5.41) is 2.17. The molecule has 1 aromatic heterocycles. The molecular weight excluding hydrogens is 453 g/mol. The van der Waals surface area contributed by atoms with E-state index in [0.29, 0.717) is 16.6 Å². The van der Waals surface area contributed by atoms with Crippen molar-refractivity contribution in [3.8, 4) is 0 Å². The number of nitrogens with two attached hydrogens (primary N) is 1. The quantitative estimate of drug-likeness (QED) is 0.504. The number of carbonyl (C=O) groups is 1. The van der Waals surface area contributed by atoms with Gasteiger partial charge in [-0.05, 0) is 31.5 Å². The molecule has 0 radical (unpaired) electrons. The number of aromatic amines is 1. The molecule has 3 rings (SSSR count). The molecule has 0 bridgehead atoms. The zero-order valence-electron chi connectivity index (χ0n) is 18.3. The van der Waals surface area contributed by atoms with Gasteiger partial charge in [-0.15, -0.1) is 0 Å². The molecule has 2 atom stereocenters. The summed E-state index contributed by atoms with van der Waals surface area (Å²) in [6.07, 6.45) is -4.57. The number of fused-ring (bicyclic) bond motifs is 1. The summed E-state index contributed by atoms with van der Waals surface area (Å²) >= 11 is 0. The van der Waals surface area contributed by atoms with Gasteiger partial charge in [0.15, 0.2) is 5.60 Å². The van der Waals surface area contributed by atoms with E-state index in [2.05, 4.69) is 15.3 Å². The van der Waals surface area contributed by atoms with Crippen molar-refractivity contribution < 1.29 is 36.2 Å². The van der Waals surface area contributed by atoms with Crippen LogP contribution in [0.4, 0.5) is 26.7 Å². The fourth-order valence-electron chi connectivity index (χ4n) is 3.34. The largest absolute Gasteiger partial charge is 0.416 e. The summed E-state index contributed by atoms with van der Waals surface area (Å²) in [5.74, 6) is -2.90. The van der Waals surface area contributed by atoms with Gasteiger partial charge in [-0.1, -0.05) is 6.07 Å². The molecule has 1 aromatic carbocycles. The smallest absolute Gasteiger partial charge is 0.382 e. The Morgan fingerprint density at radius 2 is 1.97 bits per heavy atom. The summed E-state index contributed by atoms with van der Waals surface area (Å²) in [5.41, 5.74) is 5.02. The summed E-state index contributed by atoms with van der Waals surface area (Å²) in [7, 11) is 1.39. The molecule has 1 aliphatic rings. The summed E-state index contributed by atoms with van der Waals surface area (Å²) in [6.45, 7) is -0.175. The van der Waals surface area contributed by atoms with Gasteiger partial charge in [-0.2, -0.15) is 13.2 Å². The lowest BCUT2D eigenvalue weighted by molar-refractivity contribution is -0.264. The third-order valence-corrected chi connectivity index (χ3v) is 5.43. The fraction of sp³-hybridized carbons (Fsp3) is 0.600. The van der Waals surface area contributed by atoms with Crippen LogP contribution in [0.1, 0.15) is 37.3 Å². The highest BCUT2D eigenvalue weighted by Crippen LogP contribution is 2.34. The van der Waals surface area contributed by atoms with Gasteiger partial charge in [0.25, 0.3) is 5.92 Å². The number of imidazole rings is 1. The number of H-pyrrole nitrogens is 1. The number of halogens is 5. The standard InChI is InChI=1S/C20H26F5N5O3/c1-18(2,20(23,24)25)33-7-12(26)16-28-13-5-4-11(6-14(13)29-16)15(8-32-3)30-10-19(21,22)9-27-17(30)31/h4-6,12,15H,7-10,26H2,1-3H3,(H,27,31)(H,28,29)/t12-,15+/m0/s1. The number of aromatic nitrogens is 2. The van der Waals surface area contributed by atoms with E-state index in [1.54, 1.807) is 18.2 Å². The monoisotopic (exact) mass is 479 g/mol. The van der Waals surface area contributed by atoms with Gasteiger partial charge in [0.05, 0.1) is 49.4 Å². The fourth-order valence-corrected chi connectivity index (χ4v) is 3.34. The van der Waals surface area contributed by atoms with E-state index in [1.807, 2.05) is 0 Å². The van der Waals surface area contributed by atoms with Gasteiger partial charge < -0.3 is 30.4 Å². The molecule has 0 unspecified atom stereocenters. The Balaban J connectivity index is 1.82. The molecule has 1 aliphatic heterocycles. The van der Waals surface area contributed by atoms with Crippen LogP contribution in [0.3, 0.4) is 0 Å². The van der Waals surface area contributed by atoms with Crippen molar-refractivity contribution in [2.24, 2.45) is 5.73 Å². The number of hydrogen-bond acceptors (Lipinski definition) is 5. The molecule has 13 heteroatoms. The number of alkyl halides is 5. The van der Waals surface area contributed by atoms with Crippen LogP contribution in [-0.4, -0.2) is 72.0 Å². The number of carbonyl (C=O) groups excluding carboxylic acids is 1. The van der Waals surface area contributed by atoms with Crippen LogP contribution in [0.25, 0.3) is 11.0 Å². The number of nitrogens with zero attached hydrogens (tertiary/aromatic N) is 2. The Bertz CT molecular complexity index is 994. The first kappa shape index (κ1) is 25.1. The molecule has 0 saturated carbocycles.